The van der Waals surface area contributed by atoms with Gasteiger partial charge >= 0.3 is 6.61 Å². The summed E-state index contributed by atoms with van der Waals surface area (Å²) in [6.07, 6.45) is 1.40. The smallest absolute Gasteiger partial charge is 0.387 e. The molecule has 0 radical (unpaired) electrons. The number of halogens is 2. The molecule has 0 unspecified atom stereocenters. The summed E-state index contributed by atoms with van der Waals surface area (Å²) < 4.78 is 36.2. The summed E-state index contributed by atoms with van der Waals surface area (Å²) in [5, 5.41) is 13.8. The van der Waals surface area contributed by atoms with Gasteiger partial charge in [-0.25, -0.2) is 4.68 Å². The molecule has 1 atom stereocenters. The molecule has 1 amide bonds. The average Bonchev–Trinajstić information content (AvgIpc) is 3.25. The van der Waals surface area contributed by atoms with Crippen LogP contribution in [0.2, 0.25) is 0 Å². The number of aromatic nitrogens is 3. The molecule has 0 spiro atoms. The van der Waals surface area contributed by atoms with Crippen molar-refractivity contribution in [3.8, 4) is 11.4 Å². The molecule has 2 heterocycles. The fraction of sp³-hybridized carbons (Fsp3) is 0.250. The van der Waals surface area contributed by atoms with Crippen LogP contribution in [0.3, 0.4) is 0 Å². The van der Waals surface area contributed by atoms with E-state index in [4.69, 9.17) is 4.74 Å². The zero-order valence-corrected chi connectivity index (χ0v) is 15.8. The molecular weight excluding hydrogens is 396 g/mol. The summed E-state index contributed by atoms with van der Waals surface area (Å²) in [5.74, 6) is -0.453. The van der Waals surface area contributed by atoms with E-state index in [0.717, 1.165) is 18.7 Å². The third kappa shape index (κ3) is 4.78. The Morgan fingerprint density at radius 1 is 1.27 bits per heavy atom. The highest BCUT2D eigenvalue weighted by Crippen LogP contribution is 2.21. The Hall–Kier alpha value is -3.37. The van der Waals surface area contributed by atoms with E-state index in [1.807, 2.05) is 12.1 Å². The molecule has 2 aromatic carbocycles. The molecule has 4 rings (SSSR count). The van der Waals surface area contributed by atoms with Crippen LogP contribution < -0.4 is 15.4 Å². The number of hydrogen-bond acceptors (Lipinski definition) is 6. The largest absolute Gasteiger partial charge is 0.435 e. The van der Waals surface area contributed by atoms with Crippen molar-refractivity contribution in [2.24, 2.45) is 0 Å². The number of amides is 1. The lowest BCUT2D eigenvalue weighted by Crippen LogP contribution is -2.33. The van der Waals surface area contributed by atoms with Crippen molar-refractivity contribution >= 4 is 11.6 Å². The van der Waals surface area contributed by atoms with Gasteiger partial charge in [-0.15, -0.1) is 5.10 Å². The van der Waals surface area contributed by atoms with Gasteiger partial charge in [0.2, 0.25) is 0 Å². The van der Waals surface area contributed by atoms with Gasteiger partial charge in [0.15, 0.2) is 5.69 Å². The highest BCUT2D eigenvalue weighted by atomic mass is 19.3. The Balaban J connectivity index is 1.42. The Morgan fingerprint density at radius 2 is 2.10 bits per heavy atom. The van der Waals surface area contributed by atoms with Crippen molar-refractivity contribution in [2.45, 2.75) is 12.7 Å². The lowest BCUT2D eigenvalue weighted by Gasteiger charge is -2.24. The highest BCUT2D eigenvalue weighted by molar-refractivity contribution is 6.02. The fourth-order valence-corrected chi connectivity index (χ4v) is 3.05. The number of morpholine rings is 1. The second-order valence-corrected chi connectivity index (χ2v) is 6.56. The van der Waals surface area contributed by atoms with Gasteiger partial charge in [0.05, 0.1) is 24.6 Å². The molecular formula is C20H19F2N5O3. The van der Waals surface area contributed by atoms with Gasteiger partial charge in [0, 0.05) is 24.8 Å². The van der Waals surface area contributed by atoms with Crippen LogP contribution in [0.1, 0.15) is 22.2 Å². The van der Waals surface area contributed by atoms with Gasteiger partial charge in [-0.1, -0.05) is 23.4 Å². The molecule has 1 aliphatic rings. The third-order valence-corrected chi connectivity index (χ3v) is 4.50. The summed E-state index contributed by atoms with van der Waals surface area (Å²) in [6.45, 7) is -0.673. The molecule has 0 aliphatic carbocycles. The minimum Gasteiger partial charge on any atom is -0.435 e. The van der Waals surface area contributed by atoms with E-state index in [9.17, 15) is 13.6 Å². The molecule has 1 fully saturated rings. The Morgan fingerprint density at radius 3 is 2.83 bits per heavy atom. The van der Waals surface area contributed by atoms with Gasteiger partial charge in [-0.3, -0.25) is 4.79 Å². The number of carbonyl (C=O) groups is 1. The maximum Gasteiger partial charge on any atom is 0.387 e. The number of alkyl halides is 2. The first-order valence-corrected chi connectivity index (χ1v) is 9.30. The molecule has 156 valence electrons. The normalized spacial score (nSPS) is 16.4. The van der Waals surface area contributed by atoms with Crippen LogP contribution in [0.15, 0.2) is 54.7 Å². The van der Waals surface area contributed by atoms with Crippen LogP contribution >= 0.6 is 0 Å². The number of rotatable bonds is 6. The molecule has 1 saturated heterocycles. The van der Waals surface area contributed by atoms with Crippen LogP contribution in [0.4, 0.5) is 14.5 Å². The van der Waals surface area contributed by atoms with Crippen molar-refractivity contribution in [1.29, 1.82) is 0 Å². The first-order valence-electron chi connectivity index (χ1n) is 9.30. The number of hydrogen-bond donors (Lipinski definition) is 2. The summed E-state index contributed by atoms with van der Waals surface area (Å²) in [7, 11) is 0. The lowest BCUT2D eigenvalue weighted by atomic mass is 10.1. The van der Waals surface area contributed by atoms with E-state index in [0.29, 0.717) is 18.0 Å². The van der Waals surface area contributed by atoms with Crippen molar-refractivity contribution in [3.63, 3.8) is 0 Å². The standard InChI is InChI=1S/C20H19F2N5O3/c21-20(22)30-16-3-1-2-15(10-16)27-12-17(25-26-27)19(28)24-14-6-4-13(5-7-14)18-11-23-8-9-29-18/h1-7,10,12,18,20,23H,8-9,11H2,(H,24,28)/t18-/m1/s1. The Labute approximate surface area is 170 Å². The second-order valence-electron chi connectivity index (χ2n) is 6.56. The molecule has 30 heavy (non-hydrogen) atoms. The molecule has 1 aromatic heterocycles. The van der Waals surface area contributed by atoms with Crippen molar-refractivity contribution in [2.75, 3.05) is 25.0 Å². The Bertz CT molecular complexity index is 1000. The van der Waals surface area contributed by atoms with Gasteiger partial charge in [-0.05, 0) is 29.8 Å². The topological polar surface area (TPSA) is 90.3 Å². The maximum absolute atomic E-state index is 12.5. The lowest BCUT2D eigenvalue weighted by molar-refractivity contribution is -0.0498. The predicted octanol–water partition coefficient (Wildman–Crippen LogP) is 2.78. The maximum atomic E-state index is 12.5. The van der Waals surface area contributed by atoms with Crippen LogP contribution in [0.25, 0.3) is 5.69 Å². The van der Waals surface area contributed by atoms with E-state index >= 15 is 0 Å². The van der Waals surface area contributed by atoms with E-state index in [-0.39, 0.29) is 17.5 Å². The van der Waals surface area contributed by atoms with Gasteiger partial charge < -0.3 is 20.1 Å². The number of ether oxygens (including phenoxy) is 2. The summed E-state index contributed by atoms with van der Waals surface area (Å²) in [5.41, 5.74) is 2.15. The van der Waals surface area contributed by atoms with E-state index < -0.39 is 12.5 Å². The molecule has 0 saturated carbocycles. The highest BCUT2D eigenvalue weighted by Gasteiger charge is 2.16. The minimum absolute atomic E-state index is 0.00628. The molecule has 2 N–H and O–H groups in total. The molecule has 10 heteroatoms. The number of carbonyl (C=O) groups excluding carboxylic acids is 1. The summed E-state index contributed by atoms with van der Waals surface area (Å²) in [6, 6.07) is 13.3. The number of benzene rings is 2. The predicted molar refractivity (Wildman–Crippen MR) is 104 cm³/mol. The molecule has 3 aromatic rings. The first kappa shape index (κ1) is 19.9. The molecule has 1 aliphatic heterocycles. The Kier molecular flexibility index (Phi) is 5.96. The SMILES string of the molecule is O=C(Nc1ccc([C@H]2CNCCO2)cc1)c1cn(-c2cccc(OC(F)F)c2)nn1. The average molecular weight is 415 g/mol. The van der Waals surface area contributed by atoms with Gasteiger partial charge in [0.25, 0.3) is 5.91 Å². The number of nitrogens with zero attached hydrogens (tertiary/aromatic N) is 3. The molecule has 0 bridgehead atoms. The second kappa shape index (κ2) is 8.97. The zero-order valence-electron chi connectivity index (χ0n) is 15.8. The third-order valence-electron chi connectivity index (χ3n) is 4.50. The van der Waals surface area contributed by atoms with Crippen molar-refractivity contribution in [3.05, 3.63) is 66.0 Å². The summed E-state index contributed by atoms with van der Waals surface area (Å²) in [4.78, 5) is 12.5. The first-order chi connectivity index (χ1) is 14.6. The number of anilines is 1. The van der Waals surface area contributed by atoms with E-state index in [1.54, 1.807) is 24.3 Å². The quantitative estimate of drug-likeness (QED) is 0.644. The van der Waals surface area contributed by atoms with E-state index in [1.165, 1.54) is 23.0 Å². The van der Waals surface area contributed by atoms with Crippen LogP contribution in [0, 0.1) is 0 Å². The van der Waals surface area contributed by atoms with Crippen molar-refractivity contribution in [1.82, 2.24) is 20.3 Å². The zero-order chi connectivity index (χ0) is 20.9. The monoisotopic (exact) mass is 415 g/mol. The van der Waals surface area contributed by atoms with Crippen LogP contribution in [-0.2, 0) is 4.74 Å². The van der Waals surface area contributed by atoms with Crippen molar-refractivity contribution < 1.29 is 23.0 Å². The summed E-state index contributed by atoms with van der Waals surface area (Å²) >= 11 is 0. The fourth-order valence-electron chi connectivity index (χ4n) is 3.05. The number of nitrogens with one attached hydrogen (secondary N) is 2. The van der Waals surface area contributed by atoms with Crippen LogP contribution in [0.5, 0.6) is 5.75 Å². The minimum atomic E-state index is -2.93. The van der Waals surface area contributed by atoms with Crippen LogP contribution in [-0.4, -0.2) is 47.2 Å². The molecule has 8 nitrogen and oxygen atoms in total. The van der Waals surface area contributed by atoms with Gasteiger partial charge in [-0.2, -0.15) is 8.78 Å². The van der Waals surface area contributed by atoms with E-state index in [2.05, 4.69) is 25.7 Å². The van der Waals surface area contributed by atoms with Gasteiger partial charge in [0.1, 0.15) is 5.75 Å².